The zero-order valence-electron chi connectivity index (χ0n) is 14.3. The maximum atomic E-state index is 10.0. The maximum Gasteiger partial charge on any atom is 0.120 e. The predicted octanol–water partition coefficient (Wildman–Crippen LogP) is 5.72. The van der Waals surface area contributed by atoms with Gasteiger partial charge in [0.15, 0.2) is 0 Å². The van der Waals surface area contributed by atoms with Crippen LogP contribution < -0.4 is 4.74 Å². The molecule has 1 N–H and O–H groups in total. The summed E-state index contributed by atoms with van der Waals surface area (Å²) in [6.07, 6.45) is 9.40. The Kier molecular flexibility index (Phi) is 7.96. The first kappa shape index (κ1) is 17.8. The van der Waals surface area contributed by atoms with Crippen LogP contribution >= 0.6 is 0 Å². The molecule has 126 valence electrons. The lowest BCUT2D eigenvalue weighted by Crippen LogP contribution is -2.17. The van der Waals surface area contributed by atoms with E-state index in [1.54, 1.807) is 0 Å². The molecule has 2 aromatic carbocycles. The molecule has 0 aliphatic heterocycles. The molecule has 23 heavy (non-hydrogen) atoms. The number of benzene rings is 2. The summed E-state index contributed by atoms with van der Waals surface area (Å²) in [7, 11) is 0. The van der Waals surface area contributed by atoms with E-state index in [1.807, 2.05) is 24.3 Å². The summed E-state index contributed by atoms with van der Waals surface area (Å²) < 4.78 is 5.74. The smallest absolute Gasteiger partial charge is 0.120 e. The largest absolute Gasteiger partial charge is 0.491 e. The lowest BCUT2D eigenvalue weighted by atomic mass is 10.1. The summed E-state index contributed by atoms with van der Waals surface area (Å²) in [6.45, 7) is 2.63. The van der Waals surface area contributed by atoms with Gasteiger partial charge in [0, 0.05) is 0 Å². The van der Waals surface area contributed by atoms with Gasteiger partial charge in [-0.15, -0.1) is 0 Å². The summed E-state index contributed by atoms with van der Waals surface area (Å²) in [4.78, 5) is 0. The second-order valence-corrected chi connectivity index (χ2v) is 6.38. The van der Waals surface area contributed by atoms with Crippen molar-refractivity contribution in [3.05, 3.63) is 42.5 Å². The number of hydrogen-bond donors (Lipinski definition) is 1. The summed E-state index contributed by atoms with van der Waals surface area (Å²) in [5, 5.41) is 12.4. The Bertz CT molecular complexity index is 565. The SMILES string of the molecule is CCCCCCCCCC(O)COc1ccc2ccccc2c1. The maximum absolute atomic E-state index is 10.0. The fraction of sp³-hybridized carbons (Fsp3) is 0.524. The Balaban J connectivity index is 1.62. The molecule has 0 saturated carbocycles. The van der Waals surface area contributed by atoms with E-state index in [9.17, 15) is 5.11 Å². The van der Waals surface area contributed by atoms with E-state index in [1.165, 1.54) is 49.3 Å². The summed E-state index contributed by atoms with van der Waals surface area (Å²) in [5.74, 6) is 0.835. The van der Waals surface area contributed by atoms with Gasteiger partial charge in [-0.3, -0.25) is 0 Å². The molecule has 0 radical (unpaired) electrons. The molecule has 0 aliphatic carbocycles. The molecule has 1 atom stereocenters. The van der Waals surface area contributed by atoms with E-state index in [0.717, 1.165) is 18.6 Å². The van der Waals surface area contributed by atoms with Gasteiger partial charge in [-0.2, -0.15) is 0 Å². The number of ether oxygens (including phenoxy) is 1. The van der Waals surface area contributed by atoms with Crippen LogP contribution in [-0.2, 0) is 0 Å². The molecule has 0 amide bonds. The molecular weight excluding hydrogens is 284 g/mol. The fourth-order valence-electron chi connectivity index (χ4n) is 2.87. The van der Waals surface area contributed by atoms with Crippen molar-refractivity contribution >= 4 is 10.8 Å². The minimum absolute atomic E-state index is 0.364. The Morgan fingerprint density at radius 1 is 0.870 bits per heavy atom. The van der Waals surface area contributed by atoms with E-state index in [-0.39, 0.29) is 6.10 Å². The highest BCUT2D eigenvalue weighted by atomic mass is 16.5. The number of rotatable bonds is 11. The highest BCUT2D eigenvalue weighted by Crippen LogP contribution is 2.21. The standard InChI is InChI=1S/C21H30O2/c1-2-3-4-5-6-7-8-13-20(22)17-23-21-15-14-18-11-9-10-12-19(18)16-21/h9-12,14-16,20,22H,2-8,13,17H2,1H3. The van der Waals surface area contributed by atoms with Crippen LogP contribution in [0.25, 0.3) is 10.8 Å². The van der Waals surface area contributed by atoms with Crippen LogP contribution in [0.2, 0.25) is 0 Å². The van der Waals surface area contributed by atoms with Gasteiger partial charge in [0.1, 0.15) is 12.4 Å². The first-order valence-corrected chi connectivity index (χ1v) is 9.09. The van der Waals surface area contributed by atoms with Crippen LogP contribution in [0.1, 0.15) is 58.3 Å². The lowest BCUT2D eigenvalue weighted by Gasteiger charge is -2.12. The fourth-order valence-corrected chi connectivity index (χ4v) is 2.87. The van der Waals surface area contributed by atoms with Crippen molar-refractivity contribution in [3.63, 3.8) is 0 Å². The van der Waals surface area contributed by atoms with Crippen LogP contribution in [0.4, 0.5) is 0 Å². The molecular formula is C21H30O2. The third kappa shape index (κ3) is 6.62. The quantitative estimate of drug-likeness (QED) is 0.537. The highest BCUT2D eigenvalue weighted by molar-refractivity contribution is 5.83. The van der Waals surface area contributed by atoms with E-state index in [4.69, 9.17) is 4.74 Å². The molecule has 1 unspecified atom stereocenters. The topological polar surface area (TPSA) is 29.5 Å². The zero-order valence-corrected chi connectivity index (χ0v) is 14.3. The number of fused-ring (bicyclic) bond motifs is 1. The van der Waals surface area contributed by atoms with Crippen LogP contribution in [0, 0.1) is 0 Å². The summed E-state index contributed by atoms with van der Waals surface area (Å²) in [6, 6.07) is 14.3. The molecule has 0 bridgehead atoms. The number of aliphatic hydroxyl groups is 1. The van der Waals surface area contributed by atoms with E-state index < -0.39 is 0 Å². The van der Waals surface area contributed by atoms with Crippen molar-refractivity contribution in [1.82, 2.24) is 0 Å². The summed E-state index contributed by atoms with van der Waals surface area (Å²) >= 11 is 0. The normalized spacial score (nSPS) is 12.4. The van der Waals surface area contributed by atoms with Gasteiger partial charge in [0.05, 0.1) is 6.10 Å². The molecule has 0 aromatic heterocycles. The van der Waals surface area contributed by atoms with Crippen molar-refractivity contribution in [2.45, 2.75) is 64.4 Å². The number of aliphatic hydroxyl groups excluding tert-OH is 1. The van der Waals surface area contributed by atoms with Crippen molar-refractivity contribution in [2.75, 3.05) is 6.61 Å². The van der Waals surface area contributed by atoms with Crippen LogP contribution in [-0.4, -0.2) is 17.8 Å². The molecule has 0 heterocycles. The number of unbranched alkanes of at least 4 members (excludes halogenated alkanes) is 6. The Labute approximate surface area is 140 Å². The second-order valence-electron chi connectivity index (χ2n) is 6.38. The first-order chi connectivity index (χ1) is 11.3. The van der Waals surface area contributed by atoms with Crippen molar-refractivity contribution in [1.29, 1.82) is 0 Å². The van der Waals surface area contributed by atoms with Crippen molar-refractivity contribution < 1.29 is 9.84 Å². The minimum Gasteiger partial charge on any atom is -0.491 e. The molecule has 2 heteroatoms. The Hall–Kier alpha value is -1.54. The molecule has 0 saturated heterocycles. The van der Waals surface area contributed by atoms with Crippen LogP contribution in [0.5, 0.6) is 5.75 Å². The van der Waals surface area contributed by atoms with E-state index in [2.05, 4.69) is 25.1 Å². The van der Waals surface area contributed by atoms with Gasteiger partial charge in [0.2, 0.25) is 0 Å². The molecule has 2 nitrogen and oxygen atoms in total. The molecule has 0 fully saturated rings. The zero-order chi connectivity index (χ0) is 16.3. The third-order valence-electron chi connectivity index (χ3n) is 4.30. The van der Waals surface area contributed by atoms with Gasteiger partial charge in [-0.05, 0) is 29.3 Å². The van der Waals surface area contributed by atoms with Gasteiger partial charge < -0.3 is 9.84 Å². The van der Waals surface area contributed by atoms with E-state index >= 15 is 0 Å². The van der Waals surface area contributed by atoms with Crippen molar-refractivity contribution in [2.24, 2.45) is 0 Å². The molecule has 0 spiro atoms. The third-order valence-corrected chi connectivity index (χ3v) is 4.30. The Morgan fingerprint density at radius 2 is 1.57 bits per heavy atom. The average Bonchev–Trinajstić information content (AvgIpc) is 2.59. The van der Waals surface area contributed by atoms with Gasteiger partial charge >= 0.3 is 0 Å². The summed E-state index contributed by atoms with van der Waals surface area (Å²) in [5.41, 5.74) is 0. The van der Waals surface area contributed by atoms with Gasteiger partial charge in [0.25, 0.3) is 0 Å². The number of hydrogen-bond acceptors (Lipinski definition) is 2. The molecule has 2 aromatic rings. The lowest BCUT2D eigenvalue weighted by molar-refractivity contribution is 0.0975. The first-order valence-electron chi connectivity index (χ1n) is 9.09. The monoisotopic (exact) mass is 314 g/mol. The minimum atomic E-state index is -0.364. The van der Waals surface area contributed by atoms with Crippen LogP contribution in [0.15, 0.2) is 42.5 Å². The molecule has 0 aliphatic rings. The Morgan fingerprint density at radius 3 is 2.35 bits per heavy atom. The second kappa shape index (κ2) is 10.3. The van der Waals surface area contributed by atoms with Crippen molar-refractivity contribution in [3.8, 4) is 5.75 Å². The predicted molar refractivity (Wildman–Crippen MR) is 98.1 cm³/mol. The van der Waals surface area contributed by atoms with E-state index in [0.29, 0.717) is 6.61 Å². The highest BCUT2D eigenvalue weighted by Gasteiger charge is 2.05. The van der Waals surface area contributed by atoms with Gasteiger partial charge in [-0.25, -0.2) is 0 Å². The van der Waals surface area contributed by atoms with Gasteiger partial charge in [-0.1, -0.05) is 82.2 Å². The molecule has 2 rings (SSSR count). The average molecular weight is 314 g/mol. The van der Waals surface area contributed by atoms with Crippen LogP contribution in [0.3, 0.4) is 0 Å².